The first-order valence-corrected chi connectivity index (χ1v) is 12.3. The number of amidine groups is 1. The zero-order valence-electron chi connectivity index (χ0n) is 20.3. The Balaban J connectivity index is 1.56. The minimum Gasteiger partial charge on any atom is -0.479 e. The molecule has 1 aromatic carbocycles. The SMILES string of the molecule is C#CCOc1cnc2c(Nc3cc(F)c(F)c([C@@]4(C)N=C(N)S[C@]5(COC)[C@H]4[C@@H]5C)c3)ncc(F)c2c1. The maximum absolute atomic E-state index is 15.3. The molecule has 5 rings (SSSR count). The summed E-state index contributed by atoms with van der Waals surface area (Å²) >= 11 is 1.41. The van der Waals surface area contributed by atoms with E-state index in [1.807, 2.05) is 6.92 Å². The van der Waals surface area contributed by atoms with Crippen LogP contribution in [0.25, 0.3) is 10.9 Å². The molecule has 0 bridgehead atoms. The molecular weight excluding hydrogens is 503 g/mol. The number of rotatable bonds is 7. The molecule has 0 saturated heterocycles. The number of nitrogens with zero attached hydrogens (tertiary/aromatic N) is 3. The Morgan fingerprint density at radius 3 is 2.70 bits per heavy atom. The average molecular weight is 528 g/mol. The molecule has 0 radical (unpaired) electrons. The first-order valence-electron chi connectivity index (χ1n) is 11.4. The van der Waals surface area contributed by atoms with Crippen LogP contribution in [-0.2, 0) is 10.3 Å². The van der Waals surface area contributed by atoms with Crippen LogP contribution in [0.2, 0.25) is 0 Å². The highest BCUT2D eigenvalue weighted by Crippen LogP contribution is 2.69. The van der Waals surface area contributed by atoms with Crippen molar-refractivity contribution in [2.24, 2.45) is 22.6 Å². The first-order chi connectivity index (χ1) is 17.6. The number of aliphatic imine (C=N–C) groups is 1. The number of aromatic nitrogens is 2. The highest BCUT2D eigenvalue weighted by Gasteiger charge is 2.72. The minimum absolute atomic E-state index is 0.00181. The number of ether oxygens (including phenoxy) is 2. The van der Waals surface area contributed by atoms with Gasteiger partial charge in [0, 0.05) is 35.7 Å². The van der Waals surface area contributed by atoms with Crippen molar-refractivity contribution in [2.45, 2.75) is 24.1 Å². The quantitative estimate of drug-likeness (QED) is 0.429. The van der Waals surface area contributed by atoms with E-state index in [1.165, 1.54) is 30.1 Å². The molecule has 1 aliphatic carbocycles. The highest BCUT2D eigenvalue weighted by molar-refractivity contribution is 8.15. The fourth-order valence-electron chi connectivity index (χ4n) is 5.47. The average Bonchev–Trinajstić information content (AvgIpc) is 3.45. The smallest absolute Gasteiger partial charge is 0.164 e. The summed E-state index contributed by atoms with van der Waals surface area (Å²) < 4.78 is 55.2. The zero-order valence-corrected chi connectivity index (χ0v) is 21.1. The number of methoxy groups -OCH3 is 1. The second kappa shape index (κ2) is 9.11. The standard InChI is InChI=1S/C26H24F3N5O2S/c1-5-6-36-15-9-16-19(28)11-32-23(21(16)31-10-15)33-14-7-17(20(29)18(27)8-14)25(3)22-13(2)26(22,12-35-4)37-24(30)34-25/h1,7-11,13,22H,6,12H2,2-4H3,(H2,30,34)(H,32,33)/t13-,22-,25+,26-/m0/s1. The molecule has 37 heavy (non-hydrogen) atoms. The van der Waals surface area contributed by atoms with Crippen molar-refractivity contribution in [3.05, 3.63) is 53.6 Å². The number of fused-ring (bicyclic) bond motifs is 2. The number of nitrogens with two attached hydrogens (primary N) is 1. The molecule has 0 spiro atoms. The fourth-order valence-corrected chi connectivity index (χ4v) is 7.08. The Morgan fingerprint density at radius 2 is 1.97 bits per heavy atom. The molecule has 1 fully saturated rings. The topological polar surface area (TPSA) is 94.7 Å². The molecule has 2 aliphatic rings. The van der Waals surface area contributed by atoms with Gasteiger partial charge in [-0.25, -0.2) is 23.1 Å². The van der Waals surface area contributed by atoms with Gasteiger partial charge in [0.05, 0.1) is 29.3 Å². The summed E-state index contributed by atoms with van der Waals surface area (Å²) in [6, 6.07) is 3.93. The number of pyridine rings is 2. The van der Waals surface area contributed by atoms with Gasteiger partial charge in [0.15, 0.2) is 28.4 Å². The third kappa shape index (κ3) is 4.04. The van der Waals surface area contributed by atoms with Crippen molar-refractivity contribution in [1.82, 2.24) is 9.97 Å². The van der Waals surface area contributed by atoms with E-state index in [9.17, 15) is 8.78 Å². The summed E-state index contributed by atoms with van der Waals surface area (Å²) in [6.07, 6.45) is 7.59. The molecule has 2 aromatic heterocycles. The summed E-state index contributed by atoms with van der Waals surface area (Å²) in [7, 11) is 1.60. The van der Waals surface area contributed by atoms with E-state index in [2.05, 4.69) is 26.2 Å². The number of anilines is 2. The van der Waals surface area contributed by atoms with Gasteiger partial charge in [-0.2, -0.15) is 0 Å². The summed E-state index contributed by atoms with van der Waals surface area (Å²) in [5.41, 5.74) is 5.46. The van der Waals surface area contributed by atoms with Gasteiger partial charge in [0.25, 0.3) is 0 Å². The first kappa shape index (κ1) is 25.2. The molecule has 0 unspecified atom stereocenters. The Bertz CT molecular complexity index is 1480. The lowest BCUT2D eigenvalue weighted by molar-refractivity contribution is 0.183. The van der Waals surface area contributed by atoms with Crippen LogP contribution < -0.4 is 15.8 Å². The second-order valence-corrected chi connectivity index (χ2v) is 10.7. The number of terminal acetylenes is 1. The Hall–Kier alpha value is -3.49. The monoisotopic (exact) mass is 527 g/mol. The molecule has 3 N–H and O–H groups in total. The van der Waals surface area contributed by atoms with Crippen molar-refractivity contribution >= 4 is 39.3 Å². The lowest BCUT2D eigenvalue weighted by Gasteiger charge is -2.34. The van der Waals surface area contributed by atoms with E-state index in [1.54, 1.807) is 14.0 Å². The van der Waals surface area contributed by atoms with Crippen LogP contribution >= 0.6 is 11.8 Å². The third-order valence-corrected chi connectivity index (χ3v) is 8.53. The van der Waals surface area contributed by atoms with E-state index in [0.717, 1.165) is 12.3 Å². The zero-order chi connectivity index (χ0) is 26.5. The molecular formula is C26H24F3N5O2S. The predicted molar refractivity (Wildman–Crippen MR) is 137 cm³/mol. The molecule has 0 amide bonds. The Labute approximate surface area is 216 Å². The van der Waals surface area contributed by atoms with Gasteiger partial charge in [0.2, 0.25) is 0 Å². The molecule has 3 heterocycles. The molecule has 192 valence electrons. The van der Waals surface area contributed by atoms with Crippen molar-refractivity contribution in [3.8, 4) is 18.1 Å². The largest absolute Gasteiger partial charge is 0.479 e. The number of benzene rings is 1. The van der Waals surface area contributed by atoms with Gasteiger partial charge >= 0.3 is 0 Å². The van der Waals surface area contributed by atoms with Crippen LogP contribution in [0.4, 0.5) is 24.7 Å². The van der Waals surface area contributed by atoms with Crippen molar-refractivity contribution in [1.29, 1.82) is 0 Å². The molecule has 4 atom stereocenters. The van der Waals surface area contributed by atoms with Gasteiger partial charge in [-0.1, -0.05) is 24.6 Å². The lowest BCUT2D eigenvalue weighted by atomic mass is 9.84. The number of nitrogens with one attached hydrogen (secondary N) is 1. The number of halogens is 3. The molecule has 7 nitrogen and oxygen atoms in total. The van der Waals surface area contributed by atoms with Gasteiger partial charge in [-0.05, 0) is 25.0 Å². The predicted octanol–water partition coefficient (Wildman–Crippen LogP) is 4.73. The number of hydrogen-bond donors (Lipinski definition) is 2. The summed E-state index contributed by atoms with van der Waals surface area (Å²) in [5, 5.41) is 3.37. The minimum atomic E-state index is -1.13. The van der Waals surface area contributed by atoms with Crippen LogP contribution in [0.15, 0.2) is 35.6 Å². The summed E-state index contributed by atoms with van der Waals surface area (Å²) in [6.45, 7) is 4.19. The van der Waals surface area contributed by atoms with Crippen LogP contribution in [-0.4, -0.2) is 40.2 Å². The van der Waals surface area contributed by atoms with Gasteiger partial charge < -0.3 is 20.5 Å². The van der Waals surface area contributed by atoms with E-state index < -0.39 is 23.0 Å². The fraction of sp³-hybridized carbons (Fsp3) is 0.346. The normalized spacial score (nSPS) is 26.2. The van der Waals surface area contributed by atoms with Crippen LogP contribution in [0, 0.1) is 41.6 Å². The molecule has 3 aromatic rings. The van der Waals surface area contributed by atoms with E-state index in [0.29, 0.717) is 6.61 Å². The number of hydrogen-bond acceptors (Lipinski definition) is 8. The number of thioether (sulfide) groups is 1. The van der Waals surface area contributed by atoms with Crippen LogP contribution in [0.3, 0.4) is 0 Å². The van der Waals surface area contributed by atoms with Gasteiger partial charge in [0.1, 0.15) is 17.9 Å². The van der Waals surface area contributed by atoms with Crippen molar-refractivity contribution < 1.29 is 22.6 Å². The maximum Gasteiger partial charge on any atom is 0.164 e. The molecule has 1 saturated carbocycles. The van der Waals surface area contributed by atoms with Crippen LogP contribution in [0.5, 0.6) is 5.75 Å². The lowest BCUT2D eigenvalue weighted by Crippen LogP contribution is -2.37. The van der Waals surface area contributed by atoms with E-state index in [-0.39, 0.29) is 62.1 Å². The summed E-state index contributed by atoms with van der Waals surface area (Å²) in [4.78, 5) is 12.9. The Kier molecular flexibility index (Phi) is 6.20. The third-order valence-electron chi connectivity index (χ3n) is 7.11. The van der Waals surface area contributed by atoms with Crippen molar-refractivity contribution in [2.75, 3.05) is 25.6 Å². The summed E-state index contributed by atoms with van der Waals surface area (Å²) in [5.74, 6) is 0.0366. The Morgan fingerprint density at radius 1 is 1.19 bits per heavy atom. The van der Waals surface area contributed by atoms with Gasteiger partial charge in [-0.15, -0.1) is 6.42 Å². The van der Waals surface area contributed by atoms with Crippen molar-refractivity contribution in [3.63, 3.8) is 0 Å². The second-order valence-electron chi connectivity index (χ2n) is 9.31. The van der Waals surface area contributed by atoms with Gasteiger partial charge in [-0.3, -0.25) is 4.99 Å². The van der Waals surface area contributed by atoms with Crippen LogP contribution in [0.1, 0.15) is 19.4 Å². The van der Waals surface area contributed by atoms with E-state index in [4.69, 9.17) is 21.6 Å². The molecule has 11 heteroatoms. The maximum atomic E-state index is 15.3. The highest BCUT2D eigenvalue weighted by atomic mass is 32.2. The van der Waals surface area contributed by atoms with E-state index >= 15 is 4.39 Å². The molecule has 1 aliphatic heterocycles.